The zero-order chi connectivity index (χ0) is 23.9. The van der Waals surface area contributed by atoms with Crippen LogP contribution in [0.25, 0.3) is 5.65 Å². The van der Waals surface area contributed by atoms with E-state index in [1.54, 1.807) is 23.0 Å². The molecule has 2 atom stereocenters. The topological polar surface area (TPSA) is 138 Å². The molecule has 10 nitrogen and oxygen atoms in total. The van der Waals surface area contributed by atoms with Crippen molar-refractivity contribution in [3.8, 4) is 5.75 Å². The van der Waals surface area contributed by atoms with Gasteiger partial charge in [0.25, 0.3) is 5.91 Å². The van der Waals surface area contributed by atoms with Gasteiger partial charge < -0.3 is 30.9 Å². The Morgan fingerprint density at radius 1 is 1.38 bits per heavy atom. The number of fused-ring (bicyclic) bond motifs is 2. The van der Waals surface area contributed by atoms with Gasteiger partial charge in [0.15, 0.2) is 5.65 Å². The Balaban J connectivity index is 1.45. The standard InChI is InChI=1S/C24H30N6O4/c1-24(14-31)12-16-10-18(28-23(33)17-13-27-30-6-2-5-26-22(17)30)19(11-20(16)34-24)29-7-3-15(4-8-29)9-21(25)32/h2,5-6,10-11,13,15,21,31-32H,3-4,7-9,12,14,25H2,1H3,(H,28,33)/t21?,24-/m1/s1. The van der Waals surface area contributed by atoms with Crippen molar-refractivity contribution in [2.45, 2.75) is 44.4 Å². The maximum absolute atomic E-state index is 13.2. The summed E-state index contributed by atoms with van der Waals surface area (Å²) >= 11 is 0. The molecular formula is C24H30N6O4. The number of carbonyl (C=O) groups excluding carboxylic acids is 1. The smallest absolute Gasteiger partial charge is 0.261 e. The van der Waals surface area contributed by atoms with E-state index in [2.05, 4.69) is 20.3 Å². The highest BCUT2D eigenvalue weighted by Crippen LogP contribution is 2.42. The summed E-state index contributed by atoms with van der Waals surface area (Å²) in [4.78, 5) is 19.8. The first-order chi connectivity index (χ1) is 16.3. The molecule has 0 saturated carbocycles. The Bertz CT molecular complexity index is 1200. The lowest BCUT2D eigenvalue weighted by Crippen LogP contribution is -2.36. The SMILES string of the molecule is C[C@]1(CO)Cc2cc(NC(=O)c3cnn4cccnc34)c(N3CCC(CC(N)O)CC3)cc2O1. The van der Waals surface area contributed by atoms with Gasteiger partial charge in [0, 0.05) is 43.5 Å². The van der Waals surface area contributed by atoms with Crippen molar-refractivity contribution in [3.63, 3.8) is 0 Å². The van der Waals surface area contributed by atoms with Crippen molar-refractivity contribution in [2.24, 2.45) is 11.7 Å². The van der Waals surface area contributed by atoms with Crippen LogP contribution in [0.1, 0.15) is 42.1 Å². The van der Waals surface area contributed by atoms with Gasteiger partial charge in [0.1, 0.15) is 23.1 Å². The molecule has 1 saturated heterocycles. The quantitative estimate of drug-likeness (QED) is 0.402. The minimum absolute atomic E-state index is 0.0976. The molecule has 0 spiro atoms. The van der Waals surface area contributed by atoms with Crippen LogP contribution in [-0.2, 0) is 6.42 Å². The molecule has 0 radical (unpaired) electrons. The molecule has 0 aliphatic carbocycles. The third kappa shape index (κ3) is 4.31. The first kappa shape index (κ1) is 22.6. The Hall–Kier alpha value is -3.21. The molecule has 1 aromatic carbocycles. The van der Waals surface area contributed by atoms with Crippen molar-refractivity contribution in [3.05, 3.63) is 47.9 Å². The third-order valence-corrected chi connectivity index (χ3v) is 6.74. The summed E-state index contributed by atoms with van der Waals surface area (Å²) < 4.78 is 7.64. The van der Waals surface area contributed by atoms with Crippen LogP contribution in [0.4, 0.5) is 11.4 Å². The Morgan fingerprint density at radius 3 is 2.91 bits per heavy atom. The number of amides is 1. The number of nitrogens with zero attached hydrogens (tertiary/aromatic N) is 4. The average Bonchev–Trinajstić information content (AvgIpc) is 3.39. The molecule has 2 aromatic heterocycles. The number of nitrogens with one attached hydrogen (secondary N) is 1. The minimum Gasteiger partial charge on any atom is -0.484 e. The van der Waals surface area contributed by atoms with Gasteiger partial charge in [-0.3, -0.25) is 4.79 Å². The number of aliphatic hydroxyl groups excluding tert-OH is 2. The van der Waals surface area contributed by atoms with Crippen LogP contribution >= 0.6 is 0 Å². The van der Waals surface area contributed by atoms with Crippen LogP contribution in [0.2, 0.25) is 0 Å². The van der Waals surface area contributed by atoms with E-state index in [9.17, 15) is 15.0 Å². The number of benzene rings is 1. The average molecular weight is 467 g/mol. The van der Waals surface area contributed by atoms with E-state index in [0.29, 0.717) is 35.7 Å². The van der Waals surface area contributed by atoms with Crippen LogP contribution in [0.3, 0.4) is 0 Å². The summed E-state index contributed by atoms with van der Waals surface area (Å²) in [5.41, 5.74) is 8.26. The van der Waals surface area contributed by atoms with E-state index < -0.39 is 11.8 Å². The van der Waals surface area contributed by atoms with Gasteiger partial charge in [-0.1, -0.05) is 0 Å². The predicted molar refractivity (Wildman–Crippen MR) is 127 cm³/mol. The Labute approximate surface area is 197 Å². The first-order valence-corrected chi connectivity index (χ1v) is 11.6. The Kier molecular flexibility index (Phi) is 5.88. The lowest BCUT2D eigenvalue weighted by atomic mass is 9.92. The second-order valence-corrected chi connectivity index (χ2v) is 9.50. The normalized spacial score (nSPS) is 21.4. The number of anilines is 2. The van der Waals surface area contributed by atoms with Crippen LogP contribution in [0.15, 0.2) is 36.8 Å². The first-order valence-electron chi connectivity index (χ1n) is 11.6. The second-order valence-electron chi connectivity index (χ2n) is 9.50. The summed E-state index contributed by atoms with van der Waals surface area (Å²) in [5.74, 6) is 0.795. The molecule has 2 aliphatic rings. The van der Waals surface area contributed by atoms with Gasteiger partial charge >= 0.3 is 0 Å². The van der Waals surface area contributed by atoms with Crippen LogP contribution in [-0.4, -0.2) is 62.2 Å². The van der Waals surface area contributed by atoms with Crippen LogP contribution < -0.4 is 20.7 Å². The lowest BCUT2D eigenvalue weighted by Gasteiger charge is -2.35. The summed E-state index contributed by atoms with van der Waals surface area (Å²) in [6, 6.07) is 5.66. The van der Waals surface area contributed by atoms with Crippen molar-refractivity contribution in [1.82, 2.24) is 14.6 Å². The summed E-state index contributed by atoms with van der Waals surface area (Å²) in [7, 11) is 0. The number of hydrogen-bond donors (Lipinski definition) is 4. The van der Waals surface area contributed by atoms with Gasteiger partial charge in [-0.25, -0.2) is 9.50 Å². The van der Waals surface area contributed by atoms with E-state index in [1.807, 2.05) is 19.1 Å². The van der Waals surface area contributed by atoms with E-state index in [1.165, 1.54) is 6.20 Å². The van der Waals surface area contributed by atoms with Gasteiger partial charge in [0.05, 0.1) is 24.2 Å². The highest BCUT2D eigenvalue weighted by atomic mass is 16.5. The molecule has 1 unspecified atom stereocenters. The highest BCUT2D eigenvalue weighted by Gasteiger charge is 2.36. The molecule has 5 N–H and O–H groups in total. The number of ether oxygens (including phenoxy) is 1. The number of piperidine rings is 1. The number of hydrogen-bond acceptors (Lipinski definition) is 8. The summed E-state index contributed by atoms with van der Waals surface area (Å²) in [6.45, 7) is 3.32. The van der Waals surface area contributed by atoms with E-state index in [-0.39, 0.29) is 12.5 Å². The predicted octanol–water partition coefficient (Wildman–Crippen LogP) is 1.55. The number of carbonyl (C=O) groups is 1. The molecule has 5 rings (SSSR count). The molecular weight excluding hydrogens is 436 g/mol. The Morgan fingerprint density at radius 2 is 2.18 bits per heavy atom. The maximum atomic E-state index is 13.2. The molecule has 180 valence electrons. The molecule has 34 heavy (non-hydrogen) atoms. The van der Waals surface area contributed by atoms with Crippen molar-refractivity contribution < 1.29 is 19.7 Å². The van der Waals surface area contributed by atoms with Crippen LogP contribution in [0.5, 0.6) is 5.75 Å². The monoisotopic (exact) mass is 466 g/mol. The lowest BCUT2D eigenvalue weighted by molar-refractivity contribution is 0.0447. The fourth-order valence-corrected chi connectivity index (χ4v) is 4.93. The zero-order valence-electron chi connectivity index (χ0n) is 19.1. The summed E-state index contributed by atoms with van der Waals surface area (Å²) in [6.07, 6.45) is 7.02. The van der Waals surface area contributed by atoms with E-state index in [4.69, 9.17) is 10.5 Å². The molecule has 10 heteroatoms. The van der Waals surface area contributed by atoms with Gasteiger partial charge in [0.2, 0.25) is 0 Å². The van der Waals surface area contributed by atoms with Gasteiger partial charge in [-0.15, -0.1) is 0 Å². The molecule has 4 heterocycles. The van der Waals surface area contributed by atoms with E-state index >= 15 is 0 Å². The number of nitrogens with two attached hydrogens (primary N) is 1. The van der Waals surface area contributed by atoms with Crippen molar-refractivity contribution in [1.29, 1.82) is 0 Å². The number of aliphatic hydroxyl groups is 2. The fraction of sp³-hybridized carbons (Fsp3) is 0.458. The van der Waals surface area contributed by atoms with Gasteiger partial charge in [-0.05, 0) is 44.2 Å². The molecule has 0 bridgehead atoms. The zero-order valence-corrected chi connectivity index (χ0v) is 19.1. The minimum atomic E-state index is -0.796. The third-order valence-electron chi connectivity index (χ3n) is 6.74. The van der Waals surface area contributed by atoms with Crippen molar-refractivity contribution >= 4 is 22.9 Å². The maximum Gasteiger partial charge on any atom is 0.261 e. The number of aromatic nitrogens is 3. The van der Waals surface area contributed by atoms with Crippen molar-refractivity contribution in [2.75, 3.05) is 29.9 Å². The van der Waals surface area contributed by atoms with E-state index in [0.717, 1.165) is 42.9 Å². The van der Waals surface area contributed by atoms with Gasteiger partial charge in [-0.2, -0.15) is 5.10 Å². The fourth-order valence-electron chi connectivity index (χ4n) is 4.93. The molecule has 3 aromatic rings. The largest absolute Gasteiger partial charge is 0.484 e. The molecule has 1 fully saturated rings. The molecule has 1 amide bonds. The summed E-state index contributed by atoms with van der Waals surface area (Å²) in [5, 5.41) is 26.6. The van der Waals surface area contributed by atoms with Crippen LogP contribution in [0, 0.1) is 5.92 Å². The number of rotatable bonds is 6. The second kappa shape index (κ2) is 8.86. The highest BCUT2D eigenvalue weighted by molar-refractivity contribution is 6.09. The molecule has 2 aliphatic heterocycles.